The van der Waals surface area contributed by atoms with Crippen LogP contribution in [0.1, 0.15) is 25.3 Å². The molecule has 118 valence electrons. The first-order chi connectivity index (χ1) is 10.5. The average molecular weight is 304 g/mol. The standard InChI is InChI=1S/C16H20N2O4/c1-12(19)18-14(11-13-7-4-3-5-8-13)16(21)17-10-6-9-15(20)22-2/h3-5,7-8,11H,6,9-10H2,1-2H3,(H,17,21)(H,18,19)/b14-11+. The molecule has 1 rings (SSSR count). The van der Waals surface area contributed by atoms with Gasteiger partial charge in [-0.3, -0.25) is 14.4 Å². The molecule has 0 aliphatic carbocycles. The van der Waals surface area contributed by atoms with Crippen LogP contribution in [0.25, 0.3) is 6.08 Å². The molecule has 0 radical (unpaired) electrons. The molecule has 22 heavy (non-hydrogen) atoms. The minimum atomic E-state index is -0.399. The number of carbonyl (C=O) groups excluding carboxylic acids is 3. The molecule has 1 aromatic rings. The van der Waals surface area contributed by atoms with Crippen molar-refractivity contribution in [3.8, 4) is 0 Å². The van der Waals surface area contributed by atoms with E-state index in [9.17, 15) is 14.4 Å². The number of amides is 2. The van der Waals surface area contributed by atoms with Crippen molar-refractivity contribution < 1.29 is 19.1 Å². The number of benzene rings is 1. The number of carbonyl (C=O) groups is 3. The van der Waals surface area contributed by atoms with Crippen LogP contribution in [-0.2, 0) is 19.1 Å². The molecule has 0 atom stereocenters. The Balaban J connectivity index is 2.63. The number of hydrogen-bond donors (Lipinski definition) is 2. The molecule has 0 aromatic heterocycles. The summed E-state index contributed by atoms with van der Waals surface area (Å²) >= 11 is 0. The van der Waals surface area contributed by atoms with Crippen LogP contribution in [0.2, 0.25) is 0 Å². The molecule has 0 fully saturated rings. The monoisotopic (exact) mass is 304 g/mol. The Bertz CT molecular complexity index is 553. The Hall–Kier alpha value is -2.63. The summed E-state index contributed by atoms with van der Waals surface area (Å²) in [5.74, 6) is -1.05. The normalized spacial score (nSPS) is 10.7. The molecular weight excluding hydrogens is 284 g/mol. The Morgan fingerprint density at radius 1 is 1.18 bits per heavy atom. The van der Waals surface area contributed by atoms with Gasteiger partial charge in [-0.25, -0.2) is 0 Å². The van der Waals surface area contributed by atoms with Crippen LogP contribution in [0.15, 0.2) is 36.0 Å². The summed E-state index contributed by atoms with van der Waals surface area (Å²) in [6.07, 6.45) is 2.29. The van der Waals surface area contributed by atoms with Gasteiger partial charge in [0.15, 0.2) is 0 Å². The van der Waals surface area contributed by atoms with E-state index < -0.39 is 5.91 Å². The highest BCUT2D eigenvalue weighted by molar-refractivity contribution is 6.00. The van der Waals surface area contributed by atoms with Crippen molar-refractivity contribution in [1.29, 1.82) is 0 Å². The van der Waals surface area contributed by atoms with Crippen LogP contribution < -0.4 is 10.6 Å². The quantitative estimate of drug-likeness (QED) is 0.451. The molecule has 0 aliphatic heterocycles. The van der Waals surface area contributed by atoms with Gasteiger partial charge in [-0.1, -0.05) is 30.3 Å². The maximum Gasteiger partial charge on any atom is 0.305 e. The number of rotatable bonds is 7. The third-order valence-corrected chi connectivity index (χ3v) is 2.74. The molecule has 2 amide bonds. The predicted molar refractivity (Wildman–Crippen MR) is 82.5 cm³/mol. The van der Waals surface area contributed by atoms with Gasteiger partial charge in [0.2, 0.25) is 5.91 Å². The van der Waals surface area contributed by atoms with Gasteiger partial charge < -0.3 is 15.4 Å². The summed E-state index contributed by atoms with van der Waals surface area (Å²) in [5, 5.41) is 5.17. The highest BCUT2D eigenvalue weighted by Crippen LogP contribution is 2.05. The lowest BCUT2D eigenvalue weighted by Crippen LogP contribution is -2.34. The lowest BCUT2D eigenvalue weighted by atomic mass is 10.2. The molecule has 0 unspecified atom stereocenters. The lowest BCUT2D eigenvalue weighted by Gasteiger charge is -2.09. The zero-order valence-electron chi connectivity index (χ0n) is 12.7. The molecule has 0 aliphatic rings. The van der Waals surface area contributed by atoms with E-state index in [-0.39, 0.29) is 24.0 Å². The molecule has 0 spiro atoms. The maximum atomic E-state index is 12.1. The van der Waals surface area contributed by atoms with E-state index in [0.29, 0.717) is 13.0 Å². The third kappa shape index (κ3) is 6.69. The first-order valence-electron chi connectivity index (χ1n) is 6.92. The predicted octanol–water partition coefficient (Wildman–Crippen LogP) is 1.23. The highest BCUT2D eigenvalue weighted by Gasteiger charge is 2.11. The number of hydrogen-bond acceptors (Lipinski definition) is 4. The summed E-state index contributed by atoms with van der Waals surface area (Å²) in [7, 11) is 1.32. The second-order valence-corrected chi connectivity index (χ2v) is 4.59. The van der Waals surface area contributed by atoms with Gasteiger partial charge in [-0.05, 0) is 18.1 Å². The van der Waals surface area contributed by atoms with E-state index in [2.05, 4.69) is 15.4 Å². The first-order valence-corrected chi connectivity index (χ1v) is 6.92. The van der Waals surface area contributed by atoms with Crippen molar-refractivity contribution in [2.24, 2.45) is 0 Å². The van der Waals surface area contributed by atoms with E-state index in [1.54, 1.807) is 6.08 Å². The number of methoxy groups -OCH3 is 1. The van der Waals surface area contributed by atoms with E-state index in [1.165, 1.54) is 14.0 Å². The van der Waals surface area contributed by atoms with Crippen LogP contribution in [-0.4, -0.2) is 31.4 Å². The number of nitrogens with one attached hydrogen (secondary N) is 2. The fraction of sp³-hybridized carbons (Fsp3) is 0.312. The van der Waals surface area contributed by atoms with Crippen molar-refractivity contribution in [2.45, 2.75) is 19.8 Å². The van der Waals surface area contributed by atoms with Gasteiger partial charge in [0, 0.05) is 19.9 Å². The molecule has 0 saturated carbocycles. The Morgan fingerprint density at radius 2 is 1.86 bits per heavy atom. The minimum Gasteiger partial charge on any atom is -0.469 e. The topological polar surface area (TPSA) is 84.5 Å². The van der Waals surface area contributed by atoms with Crippen LogP contribution in [0, 0.1) is 0 Å². The Morgan fingerprint density at radius 3 is 2.45 bits per heavy atom. The largest absolute Gasteiger partial charge is 0.469 e. The summed E-state index contributed by atoms with van der Waals surface area (Å²) in [6, 6.07) is 9.19. The highest BCUT2D eigenvalue weighted by atomic mass is 16.5. The van der Waals surface area contributed by atoms with Crippen LogP contribution in [0.5, 0.6) is 0 Å². The van der Waals surface area contributed by atoms with E-state index in [0.717, 1.165) is 5.56 Å². The first kappa shape index (κ1) is 17.4. The van der Waals surface area contributed by atoms with Crippen LogP contribution in [0.3, 0.4) is 0 Å². The minimum absolute atomic E-state index is 0.164. The fourth-order valence-corrected chi connectivity index (χ4v) is 1.70. The summed E-state index contributed by atoms with van der Waals surface area (Å²) < 4.78 is 4.52. The second-order valence-electron chi connectivity index (χ2n) is 4.59. The Kier molecular flexibility index (Phi) is 7.39. The van der Waals surface area contributed by atoms with Crippen molar-refractivity contribution >= 4 is 23.9 Å². The van der Waals surface area contributed by atoms with Gasteiger partial charge in [-0.2, -0.15) is 0 Å². The van der Waals surface area contributed by atoms with Crippen LogP contribution in [0.4, 0.5) is 0 Å². The van der Waals surface area contributed by atoms with Gasteiger partial charge in [0.1, 0.15) is 5.70 Å². The zero-order chi connectivity index (χ0) is 16.4. The summed E-state index contributed by atoms with van der Waals surface area (Å²) in [4.78, 5) is 34.3. The third-order valence-electron chi connectivity index (χ3n) is 2.74. The smallest absolute Gasteiger partial charge is 0.305 e. The summed E-state index contributed by atoms with van der Waals surface area (Å²) in [6.45, 7) is 1.66. The molecule has 0 saturated heterocycles. The number of ether oxygens (including phenoxy) is 1. The fourth-order valence-electron chi connectivity index (χ4n) is 1.70. The lowest BCUT2D eigenvalue weighted by molar-refractivity contribution is -0.140. The summed E-state index contributed by atoms with van der Waals surface area (Å²) in [5.41, 5.74) is 0.965. The molecule has 6 heteroatoms. The van der Waals surface area contributed by atoms with Crippen LogP contribution >= 0.6 is 0 Å². The second kappa shape index (κ2) is 9.33. The molecule has 1 aromatic carbocycles. The maximum absolute atomic E-state index is 12.1. The Labute approximate surface area is 129 Å². The molecule has 2 N–H and O–H groups in total. The van der Waals surface area contributed by atoms with Gasteiger partial charge in [-0.15, -0.1) is 0 Å². The molecular formula is C16H20N2O4. The van der Waals surface area contributed by atoms with Gasteiger partial charge in [0.25, 0.3) is 5.91 Å². The van der Waals surface area contributed by atoms with Gasteiger partial charge >= 0.3 is 5.97 Å². The van der Waals surface area contributed by atoms with Crippen molar-refractivity contribution in [2.75, 3.05) is 13.7 Å². The molecule has 6 nitrogen and oxygen atoms in total. The average Bonchev–Trinajstić information content (AvgIpc) is 2.51. The SMILES string of the molecule is COC(=O)CCCNC(=O)/C(=C\c1ccccc1)NC(C)=O. The van der Waals surface area contributed by atoms with E-state index in [1.807, 2.05) is 30.3 Å². The number of esters is 1. The molecule has 0 bridgehead atoms. The van der Waals surface area contributed by atoms with Gasteiger partial charge in [0.05, 0.1) is 7.11 Å². The van der Waals surface area contributed by atoms with Crippen molar-refractivity contribution in [1.82, 2.24) is 10.6 Å². The van der Waals surface area contributed by atoms with E-state index in [4.69, 9.17) is 0 Å². The molecule has 0 heterocycles. The zero-order valence-corrected chi connectivity index (χ0v) is 12.7. The van der Waals surface area contributed by atoms with Crippen molar-refractivity contribution in [3.63, 3.8) is 0 Å². The van der Waals surface area contributed by atoms with E-state index >= 15 is 0 Å². The van der Waals surface area contributed by atoms with Crippen molar-refractivity contribution in [3.05, 3.63) is 41.6 Å².